The number of amides is 1. The summed E-state index contributed by atoms with van der Waals surface area (Å²) in [4.78, 5) is 17.3. The Bertz CT molecular complexity index is 1070. The Labute approximate surface area is 160 Å². The fourth-order valence-corrected chi connectivity index (χ4v) is 3.64. The maximum absolute atomic E-state index is 12.8. The second-order valence-corrected chi connectivity index (χ2v) is 6.84. The summed E-state index contributed by atoms with van der Waals surface area (Å²) in [5.74, 6) is 0.974. The van der Waals surface area contributed by atoms with Crippen LogP contribution in [0.1, 0.15) is 21.7 Å². The molecule has 1 N–H and O–H groups in total. The van der Waals surface area contributed by atoms with Gasteiger partial charge in [-0.15, -0.1) is 5.10 Å². The summed E-state index contributed by atoms with van der Waals surface area (Å²) in [5.41, 5.74) is 3.58. The number of methoxy groups -OCH3 is 1. The smallest absolute Gasteiger partial charge is 0.276 e. The van der Waals surface area contributed by atoms with Crippen LogP contribution in [0.3, 0.4) is 0 Å². The number of benzene rings is 1. The molecule has 4 rings (SSSR count). The van der Waals surface area contributed by atoms with Gasteiger partial charge in [0.2, 0.25) is 0 Å². The van der Waals surface area contributed by atoms with Crippen LogP contribution in [0.5, 0.6) is 5.75 Å². The largest absolute Gasteiger partial charge is 0.493 e. The molecular formula is C19H17N5O2S. The van der Waals surface area contributed by atoms with Crippen molar-refractivity contribution in [3.8, 4) is 5.75 Å². The van der Waals surface area contributed by atoms with Gasteiger partial charge in [-0.2, -0.15) is 5.10 Å². The topological polar surface area (TPSA) is 80.4 Å². The van der Waals surface area contributed by atoms with Crippen molar-refractivity contribution in [2.24, 2.45) is 10.2 Å². The SMILES string of the molecule is COc1cccn2c(C(=O)NC3=NN=C(c4ccccc4)CS3)c(C)nc12. The summed E-state index contributed by atoms with van der Waals surface area (Å²) in [6, 6.07) is 13.5. The van der Waals surface area contributed by atoms with Gasteiger partial charge in [0, 0.05) is 11.9 Å². The maximum Gasteiger partial charge on any atom is 0.276 e. The van der Waals surface area contributed by atoms with Crippen molar-refractivity contribution in [2.45, 2.75) is 6.92 Å². The Morgan fingerprint density at radius 2 is 2.00 bits per heavy atom. The predicted molar refractivity (Wildman–Crippen MR) is 107 cm³/mol. The van der Waals surface area contributed by atoms with Crippen LogP contribution in [0, 0.1) is 6.92 Å². The van der Waals surface area contributed by atoms with Crippen molar-refractivity contribution in [2.75, 3.05) is 12.9 Å². The molecule has 8 heteroatoms. The third-order valence-electron chi connectivity index (χ3n) is 4.16. The number of aryl methyl sites for hydroxylation is 1. The first-order chi connectivity index (χ1) is 13.2. The summed E-state index contributed by atoms with van der Waals surface area (Å²) >= 11 is 1.44. The number of nitrogens with zero attached hydrogens (tertiary/aromatic N) is 4. The van der Waals surface area contributed by atoms with Gasteiger partial charge in [0.1, 0.15) is 5.69 Å². The Morgan fingerprint density at radius 1 is 1.19 bits per heavy atom. The summed E-state index contributed by atoms with van der Waals surface area (Å²) in [5, 5.41) is 11.7. The van der Waals surface area contributed by atoms with E-state index in [0.717, 1.165) is 11.3 Å². The number of amidine groups is 1. The molecule has 7 nitrogen and oxygen atoms in total. The van der Waals surface area contributed by atoms with Crippen LogP contribution < -0.4 is 10.1 Å². The van der Waals surface area contributed by atoms with Gasteiger partial charge < -0.3 is 4.74 Å². The van der Waals surface area contributed by atoms with E-state index >= 15 is 0 Å². The lowest BCUT2D eigenvalue weighted by molar-refractivity contribution is 0.0971. The number of hydrogen-bond acceptors (Lipinski definition) is 6. The molecule has 0 spiro atoms. The summed E-state index contributed by atoms with van der Waals surface area (Å²) in [6.07, 6.45) is 1.79. The number of imidazole rings is 1. The van der Waals surface area contributed by atoms with Gasteiger partial charge in [0.05, 0.1) is 18.5 Å². The fourth-order valence-electron chi connectivity index (χ4n) is 2.88. The lowest BCUT2D eigenvalue weighted by Crippen LogP contribution is -2.31. The van der Waals surface area contributed by atoms with E-state index in [-0.39, 0.29) is 5.91 Å². The van der Waals surface area contributed by atoms with Crippen molar-refractivity contribution >= 4 is 34.2 Å². The maximum atomic E-state index is 12.8. The molecule has 3 aromatic rings. The monoisotopic (exact) mass is 379 g/mol. The van der Waals surface area contributed by atoms with Crippen LogP contribution >= 0.6 is 11.8 Å². The van der Waals surface area contributed by atoms with Gasteiger partial charge in [-0.1, -0.05) is 42.1 Å². The first-order valence-corrected chi connectivity index (χ1v) is 9.31. The third-order valence-corrected chi connectivity index (χ3v) is 5.03. The number of fused-ring (bicyclic) bond motifs is 1. The zero-order valence-corrected chi connectivity index (χ0v) is 15.7. The van der Waals surface area contributed by atoms with E-state index in [1.807, 2.05) is 42.5 Å². The zero-order chi connectivity index (χ0) is 18.8. The number of thioether (sulfide) groups is 1. The summed E-state index contributed by atoms with van der Waals surface area (Å²) < 4.78 is 7.04. The first kappa shape index (κ1) is 17.3. The normalized spacial score (nSPS) is 13.9. The molecule has 0 bridgehead atoms. The lowest BCUT2D eigenvalue weighted by atomic mass is 10.1. The van der Waals surface area contributed by atoms with E-state index in [1.54, 1.807) is 24.6 Å². The highest BCUT2D eigenvalue weighted by Crippen LogP contribution is 2.22. The van der Waals surface area contributed by atoms with Crippen LogP contribution in [0.15, 0.2) is 58.9 Å². The standard InChI is InChI=1S/C19H17N5O2S/c1-12-16(24-10-6-9-15(26-2)17(24)20-12)18(25)21-19-23-22-14(11-27-19)13-7-4-3-5-8-13/h3-10H,11H2,1-2H3,(H,21,23,25). The molecule has 0 fully saturated rings. The van der Waals surface area contributed by atoms with Crippen molar-refractivity contribution in [1.82, 2.24) is 14.7 Å². The minimum Gasteiger partial charge on any atom is -0.493 e. The Balaban J connectivity index is 1.59. The van der Waals surface area contributed by atoms with Crippen molar-refractivity contribution in [1.29, 1.82) is 0 Å². The minimum atomic E-state index is -0.280. The number of rotatable bonds is 3. The molecule has 0 atom stereocenters. The molecule has 1 aliphatic rings. The number of carbonyl (C=O) groups is 1. The number of pyridine rings is 1. The number of hydrogen-bond donors (Lipinski definition) is 1. The number of ether oxygens (including phenoxy) is 1. The third kappa shape index (κ3) is 3.31. The van der Waals surface area contributed by atoms with Gasteiger partial charge in [-0.05, 0) is 24.6 Å². The van der Waals surface area contributed by atoms with E-state index < -0.39 is 0 Å². The molecule has 1 aliphatic heterocycles. The minimum absolute atomic E-state index is 0.280. The lowest BCUT2D eigenvalue weighted by Gasteiger charge is -2.13. The average molecular weight is 379 g/mol. The van der Waals surface area contributed by atoms with E-state index in [1.165, 1.54) is 11.8 Å². The number of nitrogens with one attached hydrogen (secondary N) is 1. The van der Waals surface area contributed by atoms with Gasteiger partial charge in [0.25, 0.3) is 5.91 Å². The van der Waals surface area contributed by atoms with Crippen molar-refractivity contribution in [3.63, 3.8) is 0 Å². The molecule has 136 valence electrons. The molecule has 0 aliphatic carbocycles. The summed E-state index contributed by atoms with van der Waals surface area (Å²) in [6.45, 7) is 1.79. The van der Waals surface area contributed by atoms with Crippen LogP contribution in [-0.2, 0) is 0 Å². The summed E-state index contributed by atoms with van der Waals surface area (Å²) in [7, 11) is 1.58. The molecule has 27 heavy (non-hydrogen) atoms. The highest BCUT2D eigenvalue weighted by molar-refractivity contribution is 8.14. The van der Waals surface area contributed by atoms with E-state index in [4.69, 9.17) is 4.74 Å². The molecular weight excluding hydrogens is 362 g/mol. The van der Waals surface area contributed by atoms with Gasteiger partial charge >= 0.3 is 0 Å². The Hall–Kier alpha value is -3.13. The van der Waals surface area contributed by atoms with E-state index in [9.17, 15) is 4.79 Å². The van der Waals surface area contributed by atoms with Crippen molar-refractivity contribution < 1.29 is 9.53 Å². The van der Waals surface area contributed by atoms with Gasteiger partial charge in [-0.25, -0.2) is 4.98 Å². The molecule has 0 saturated heterocycles. The number of aromatic nitrogens is 2. The second-order valence-electron chi connectivity index (χ2n) is 5.88. The molecule has 2 aromatic heterocycles. The molecule has 0 unspecified atom stereocenters. The van der Waals surface area contributed by atoms with Gasteiger partial charge in [0.15, 0.2) is 16.6 Å². The van der Waals surface area contributed by atoms with Crippen molar-refractivity contribution in [3.05, 3.63) is 65.6 Å². The average Bonchev–Trinajstić information content (AvgIpc) is 3.05. The molecule has 1 aromatic carbocycles. The molecule has 0 radical (unpaired) electrons. The van der Waals surface area contributed by atoms with Crippen LogP contribution in [0.25, 0.3) is 5.65 Å². The number of carbonyl (C=O) groups excluding carboxylic acids is 1. The van der Waals surface area contributed by atoms with Crippen LogP contribution in [0.4, 0.5) is 0 Å². The molecule has 1 amide bonds. The highest BCUT2D eigenvalue weighted by Gasteiger charge is 2.21. The molecule has 3 heterocycles. The van der Waals surface area contributed by atoms with Crippen LogP contribution in [0.2, 0.25) is 0 Å². The fraction of sp³-hybridized carbons (Fsp3) is 0.158. The zero-order valence-electron chi connectivity index (χ0n) is 14.8. The highest BCUT2D eigenvalue weighted by atomic mass is 32.2. The van der Waals surface area contributed by atoms with Gasteiger partial charge in [-0.3, -0.25) is 14.5 Å². The first-order valence-electron chi connectivity index (χ1n) is 8.33. The Kier molecular flexibility index (Phi) is 4.64. The second kappa shape index (κ2) is 7.24. The van der Waals surface area contributed by atoms with E-state index in [0.29, 0.717) is 33.7 Å². The molecule has 0 saturated carbocycles. The van der Waals surface area contributed by atoms with Crippen LogP contribution in [-0.4, -0.2) is 39.0 Å². The quantitative estimate of drug-likeness (QED) is 0.759. The Morgan fingerprint density at radius 3 is 2.70 bits per heavy atom. The predicted octanol–water partition coefficient (Wildman–Crippen LogP) is 2.89. The van der Waals surface area contributed by atoms with E-state index in [2.05, 4.69) is 20.5 Å².